The summed E-state index contributed by atoms with van der Waals surface area (Å²) in [4.78, 5) is 12.4. The van der Waals surface area contributed by atoms with Gasteiger partial charge in [0.2, 0.25) is 0 Å². The van der Waals surface area contributed by atoms with Gasteiger partial charge in [-0.25, -0.2) is 4.79 Å². The van der Waals surface area contributed by atoms with E-state index in [1.165, 1.54) is 0 Å². The van der Waals surface area contributed by atoms with Gasteiger partial charge in [0, 0.05) is 26.8 Å². The van der Waals surface area contributed by atoms with E-state index in [2.05, 4.69) is 0 Å². The first-order valence-electron chi connectivity index (χ1n) is 4.27. The molecule has 0 saturated carbocycles. The summed E-state index contributed by atoms with van der Waals surface area (Å²) in [5.74, 6) is 0.602. The number of primary amides is 1. The molecule has 0 bridgehead atoms. The molecule has 4 nitrogen and oxygen atoms in total. The molecule has 1 saturated heterocycles. The lowest BCUT2D eigenvalue weighted by molar-refractivity contribution is 0.109. The Kier molecular flexibility index (Phi) is 3.34. The predicted octanol–water partition coefficient (Wildman–Crippen LogP) is 0.424. The summed E-state index contributed by atoms with van der Waals surface area (Å²) >= 11 is 0. The van der Waals surface area contributed by atoms with E-state index in [4.69, 9.17) is 10.5 Å². The number of ether oxygens (including phenoxy) is 1. The number of likely N-dealkylation sites (tertiary alicyclic amines) is 1. The third-order valence-corrected chi connectivity index (χ3v) is 2.33. The van der Waals surface area contributed by atoms with Crippen molar-refractivity contribution in [2.75, 3.05) is 26.8 Å². The molecule has 4 heteroatoms. The Morgan fingerprint density at radius 3 is 2.58 bits per heavy atom. The molecule has 0 aromatic rings. The van der Waals surface area contributed by atoms with Gasteiger partial charge in [0.1, 0.15) is 0 Å². The van der Waals surface area contributed by atoms with Crippen LogP contribution in [0, 0.1) is 5.92 Å². The number of hydrogen-bond acceptors (Lipinski definition) is 2. The number of methoxy groups -OCH3 is 1. The maximum absolute atomic E-state index is 10.7. The third-order valence-electron chi connectivity index (χ3n) is 2.33. The van der Waals surface area contributed by atoms with Crippen LogP contribution in [0.1, 0.15) is 12.8 Å². The predicted molar refractivity (Wildman–Crippen MR) is 45.8 cm³/mol. The van der Waals surface area contributed by atoms with Crippen LogP contribution in [-0.2, 0) is 4.74 Å². The van der Waals surface area contributed by atoms with Crippen LogP contribution in [0.5, 0.6) is 0 Å². The number of urea groups is 1. The molecule has 0 atom stereocenters. The molecular formula is C8H16N2O2. The maximum atomic E-state index is 10.7. The monoisotopic (exact) mass is 172 g/mol. The summed E-state index contributed by atoms with van der Waals surface area (Å²) in [7, 11) is 1.71. The van der Waals surface area contributed by atoms with Gasteiger partial charge in [-0.1, -0.05) is 0 Å². The van der Waals surface area contributed by atoms with E-state index in [1.54, 1.807) is 12.0 Å². The van der Waals surface area contributed by atoms with Gasteiger partial charge >= 0.3 is 6.03 Å². The fourth-order valence-electron chi connectivity index (χ4n) is 1.56. The molecule has 0 aromatic carbocycles. The number of rotatable bonds is 2. The van der Waals surface area contributed by atoms with Crippen molar-refractivity contribution < 1.29 is 9.53 Å². The second kappa shape index (κ2) is 4.30. The molecule has 0 unspecified atom stereocenters. The Morgan fingerprint density at radius 2 is 2.17 bits per heavy atom. The highest BCUT2D eigenvalue weighted by molar-refractivity contribution is 5.72. The number of nitrogens with zero attached hydrogens (tertiary/aromatic N) is 1. The molecule has 2 N–H and O–H groups in total. The van der Waals surface area contributed by atoms with Crippen LogP contribution in [0.25, 0.3) is 0 Å². The third kappa shape index (κ3) is 2.37. The quantitative estimate of drug-likeness (QED) is 0.656. The van der Waals surface area contributed by atoms with E-state index in [1.807, 2.05) is 0 Å². The van der Waals surface area contributed by atoms with Crippen molar-refractivity contribution in [3.05, 3.63) is 0 Å². The maximum Gasteiger partial charge on any atom is 0.314 e. The van der Waals surface area contributed by atoms with Gasteiger partial charge in [0.05, 0.1) is 0 Å². The average Bonchev–Trinajstić information content (AvgIpc) is 2.06. The molecule has 0 radical (unpaired) electrons. The van der Waals surface area contributed by atoms with Crippen molar-refractivity contribution >= 4 is 6.03 Å². The Bertz CT molecular complexity index is 153. The standard InChI is InChI=1S/C8H16N2O2/c1-12-6-7-2-4-10(5-3-7)8(9)11/h7H,2-6H2,1H3,(H2,9,11). The van der Waals surface area contributed by atoms with Crippen molar-refractivity contribution in [3.8, 4) is 0 Å². The van der Waals surface area contributed by atoms with E-state index < -0.39 is 0 Å². The highest BCUT2D eigenvalue weighted by Gasteiger charge is 2.20. The van der Waals surface area contributed by atoms with E-state index in [-0.39, 0.29) is 6.03 Å². The van der Waals surface area contributed by atoms with Crippen LogP contribution in [0.2, 0.25) is 0 Å². The molecule has 0 aromatic heterocycles. The Balaban J connectivity index is 2.25. The Morgan fingerprint density at radius 1 is 1.58 bits per heavy atom. The van der Waals surface area contributed by atoms with Crippen LogP contribution in [0.15, 0.2) is 0 Å². The largest absolute Gasteiger partial charge is 0.384 e. The van der Waals surface area contributed by atoms with Crippen LogP contribution in [0.3, 0.4) is 0 Å². The summed E-state index contributed by atoms with van der Waals surface area (Å²) in [6.07, 6.45) is 2.02. The summed E-state index contributed by atoms with van der Waals surface area (Å²) in [6, 6.07) is -0.300. The first-order chi connectivity index (χ1) is 5.74. The number of amides is 2. The summed E-state index contributed by atoms with van der Waals surface area (Å²) in [5.41, 5.74) is 5.14. The van der Waals surface area contributed by atoms with Crippen molar-refractivity contribution in [1.82, 2.24) is 4.90 Å². The molecule has 2 amide bonds. The van der Waals surface area contributed by atoms with Crippen molar-refractivity contribution in [2.45, 2.75) is 12.8 Å². The van der Waals surface area contributed by atoms with Crippen LogP contribution < -0.4 is 5.73 Å². The van der Waals surface area contributed by atoms with Crippen LogP contribution >= 0.6 is 0 Å². The van der Waals surface area contributed by atoms with Crippen molar-refractivity contribution in [1.29, 1.82) is 0 Å². The van der Waals surface area contributed by atoms with Gasteiger partial charge < -0.3 is 15.4 Å². The van der Waals surface area contributed by atoms with Gasteiger partial charge in [0.25, 0.3) is 0 Å². The highest BCUT2D eigenvalue weighted by Crippen LogP contribution is 2.16. The van der Waals surface area contributed by atoms with Gasteiger partial charge in [0.15, 0.2) is 0 Å². The topological polar surface area (TPSA) is 55.6 Å². The minimum absolute atomic E-state index is 0.300. The first kappa shape index (κ1) is 9.32. The van der Waals surface area contributed by atoms with E-state index >= 15 is 0 Å². The van der Waals surface area contributed by atoms with Crippen LogP contribution in [-0.4, -0.2) is 37.7 Å². The minimum atomic E-state index is -0.300. The zero-order valence-electron chi connectivity index (χ0n) is 7.45. The number of carbonyl (C=O) groups excluding carboxylic acids is 1. The molecule has 12 heavy (non-hydrogen) atoms. The van der Waals surface area contributed by atoms with Crippen molar-refractivity contribution in [2.24, 2.45) is 11.7 Å². The van der Waals surface area contributed by atoms with Gasteiger partial charge in [-0.2, -0.15) is 0 Å². The summed E-state index contributed by atoms with van der Waals surface area (Å²) in [6.45, 7) is 2.36. The minimum Gasteiger partial charge on any atom is -0.384 e. The number of piperidine rings is 1. The molecule has 0 aliphatic carbocycles. The average molecular weight is 172 g/mol. The zero-order chi connectivity index (χ0) is 8.97. The second-order valence-corrected chi connectivity index (χ2v) is 3.22. The Hall–Kier alpha value is -0.770. The smallest absolute Gasteiger partial charge is 0.314 e. The molecule has 0 spiro atoms. The molecule has 1 rings (SSSR count). The van der Waals surface area contributed by atoms with E-state index in [0.717, 1.165) is 32.5 Å². The Labute approximate surface area is 72.7 Å². The SMILES string of the molecule is COCC1CCN(C(N)=O)CC1. The highest BCUT2D eigenvalue weighted by atomic mass is 16.5. The molecule has 1 heterocycles. The van der Waals surface area contributed by atoms with Gasteiger partial charge in [-0.05, 0) is 18.8 Å². The molecule has 1 aliphatic heterocycles. The van der Waals surface area contributed by atoms with E-state index in [9.17, 15) is 4.79 Å². The van der Waals surface area contributed by atoms with Gasteiger partial charge in [-0.15, -0.1) is 0 Å². The fraction of sp³-hybridized carbons (Fsp3) is 0.875. The fourth-order valence-corrected chi connectivity index (χ4v) is 1.56. The van der Waals surface area contributed by atoms with E-state index in [0.29, 0.717) is 5.92 Å². The summed E-state index contributed by atoms with van der Waals surface area (Å²) < 4.78 is 5.04. The lowest BCUT2D eigenvalue weighted by atomic mass is 9.98. The first-order valence-corrected chi connectivity index (χ1v) is 4.27. The summed E-state index contributed by atoms with van der Waals surface area (Å²) in [5, 5.41) is 0. The normalized spacial score (nSPS) is 19.6. The lowest BCUT2D eigenvalue weighted by Gasteiger charge is -2.30. The zero-order valence-corrected chi connectivity index (χ0v) is 7.45. The molecular weight excluding hydrogens is 156 g/mol. The number of carbonyl (C=O) groups is 1. The second-order valence-electron chi connectivity index (χ2n) is 3.22. The molecule has 1 aliphatic rings. The van der Waals surface area contributed by atoms with Crippen molar-refractivity contribution in [3.63, 3.8) is 0 Å². The number of hydrogen-bond donors (Lipinski definition) is 1. The molecule has 70 valence electrons. The number of nitrogens with two attached hydrogens (primary N) is 1. The van der Waals surface area contributed by atoms with Crippen LogP contribution in [0.4, 0.5) is 4.79 Å². The molecule has 1 fully saturated rings. The van der Waals surface area contributed by atoms with Gasteiger partial charge in [-0.3, -0.25) is 0 Å². The lowest BCUT2D eigenvalue weighted by Crippen LogP contribution is -2.42.